The number of likely N-dealkylation sites (N-methyl/N-ethyl adjacent to an activating group) is 1. The Labute approximate surface area is 154 Å². The van der Waals surface area contributed by atoms with Gasteiger partial charge in [0.1, 0.15) is 0 Å². The maximum Gasteiger partial charge on any atom is 0.191 e. The van der Waals surface area contributed by atoms with Crippen molar-refractivity contribution in [3.8, 4) is 0 Å². The van der Waals surface area contributed by atoms with Gasteiger partial charge in [0.2, 0.25) is 0 Å². The van der Waals surface area contributed by atoms with E-state index in [0.29, 0.717) is 12.0 Å². The molecule has 25 heavy (non-hydrogen) atoms. The summed E-state index contributed by atoms with van der Waals surface area (Å²) in [6.45, 7) is 13.3. The molecule has 2 aliphatic rings. The second-order valence-electron chi connectivity index (χ2n) is 8.12. The molecule has 1 aliphatic heterocycles. The summed E-state index contributed by atoms with van der Waals surface area (Å²) in [5, 5.41) is 6.86. The van der Waals surface area contributed by atoms with Gasteiger partial charge in [-0.1, -0.05) is 13.8 Å². The minimum atomic E-state index is 0.240. The lowest BCUT2D eigenvalue weighted by Gasteiger charge is -2.34. The fraction of sp³-hybridized carbons (Fsp3) is 0.947. The number of guanidine groups is 1. The second kappa shape index (κ2) is 10.3. The van der Waals surface area contributed by atoms with Crippen LogP contribution in [0.25, 0.3) is 0 Å². The predicted molar refractivity (Wildman–Crippen MR) is 105 cm³/mol. The van der Waals surface area contributed by atoms with Crippen molar-refractivity contribution in [1.29, 1.82) is 0 Å². The summed E-state index contributed by atoms with van der Waals surface area (Å²) < 4.78 is 5.94. The van der Waals surface area contributed by atoms with Crippen LogP contribution in [0.2, 0.25) is 0 Å². The van der Waals surface area contributed by atoms with E-state index in [1.165, 1.54) is 12.8 Å². The van der Waals surface area contributed by atoms with Crippen molar-refractivity contribution in [2.75, 3.05) is 60.0 Å². The number of aliphatic imine (C=N–C) groups is 1. The lowest BCUT2D eigenvalue weighted by atomic mass is 10.1. The van der Waals surface area contributed by atoms with Gasteiger partial charge in [0.15, 0.2) is 5.96 Å². The fourth-order valence-electron chi connectivity index (χ4n) is 3.54. The molecule has 2 unspecified atom stereocenters. The maximum atomic E-state index is 5.94. The smallest absolute Gasteiger partial charge is 0.191 e. The van der Waals surface area contributed by atoms with Gasteiger partial charge in [-0.15, -0.1) is 0 Å². The van der Waals surface area contributed by atoms with Crippen LogP contribution in [0.4, 0.5) is 0 Å². The highest BCUT2D eigenvalue weighted by Crippen LogP contribution is 2.34. The number of nitrogens with zero attached hydrogens (tertiary/aromatic N) is 3. The number of rotatable bonds is 9. The molecule has 6 nitrogen and oxygen atoms in total. The average Bonchev–Trinajstić information content (AvgIpc) is 3.37. The third-order valence-electron chi connectivity index (χ3n) is 4.95. The molecule has 1 heterocycles. The molecule has 0 aromatic heterocycles. The van der Waals surface area contributed by atoms with Gasteiger partial charge in [-0.05, 0) is 45.7 Å². The third-order valence-corrected chi connectivity index (χ3v) is 4.95. The van der Waals surface area contributed by atoms with E-state index in [-0.39, 0.29) is 6.10 Å². The Balaban J connectivity index is 1.80. The molecule has 1 saturated carbocycles. The van der Waals surface area contributed by atoms with Crippen LogP contribution in [0, 0.1) is 11.8 Å². The van der Waals surface area contributed by atoms with Crippen LogP contribution in [0.3, 0.4) is 0 Å². The van der Waals surface area contributed by atoms with Crippen LogP contribution < -0.4 is 10.6 Å². The molecule has 1 aliphatic carbocycles. The van der Waals surface area contributed by atoms with E-state index in [9.17, 15) is 0 Å². The largest absolute Gasteiger partial charge is 0.374 e. The first-order valence-electron chi connectivity index (χ1n) is 10.0. The molecule has 146 valence electrons. The van der Waals surface area contributed by atoms with Crippen molar-refractivity contribution in [3.05, 3.63) is 0 Å². The highest BCUT2D eigenvalue weighted by Gasteiger charge is 2.32. The van der Waals surface area contributed by atoms with Gasteiger partial charge < -0.3 is 20.3 Å². The molecule has 2 rings (SSSR count). The van der Waals surface area contributed by atoms with Gasteiger partial charge in [-0.25, -0.2) is 0 Å². The van der Waals surface area contributed by atoms with E-state index >= 15 is 0 Å². The zero-order chi connectivity index (χ0) is 18.2. The molecular formula is C19H39N5O. The quantitative estimate of drug-likeness (QED) is 0.482. The molecule has 0 aromatic rings. The first-order valence-corrected chi connectivity index (χ1v) is 10.0. The van der Waals surface area contributed by atoms with Crippen molar-refractivity contribution in [1.82, 2.24) is 20.4 Å². The first-order chi connectivity index (χ1) is 12.0. The van der Waals surface area contributed by atoms with Crippen molar-refractivity contribution >= 4 is 5.96 Å². The first kappa shape index (κ1) is 20.5. The van der Waals surface area contributed by atoms with Crippen LogP contribution in [-0.2, 0) is 4.74 Å². The Morgan fingerprint density at radius 2 is 2.04 bits per heavy atom. The molecule has 0 spiro atoms. The molecule has 0 aromatic carbocycles. The van der Waals surface area contributed by atoms with E-state index in [2.05, 4.69) is 55.3 Å². The van der Waals surface area contributed by atoms with Crippen LogP contribution in [-0.4, -0.2) is 87.9 Å². The van der Waals surface area contributed by atoms with E-state index in [1.54, 1.807) is 0 Å². The van der Waals surface area contributed by atoms with Crippen molar-refractivity contribution in [2.45, 2.75) is 45.8 Å². The Bertz CT molecular complexity index is 407. The van der Waals surface area contributed by atoms with Crippen LogP contribution >= 0.6 is 0 Å². The average molecular weight is 354 g/mol. The highest BCUT2D eigenvalue weighted by atomic mass is 16.5. The molecule has 0 amide bonds. The van der Waals surface area contributed by atoms with Gasteiger partial charge in [0, 0.05) is 38.8 Å². The zero-order valence-electron chi connectivity index (χ0n) is 16.9. The molecule has 2 N–H and O–H groups in total. The maximum absolute atomic E-state index is 5.94. The fourth-order valence-corrected chi connectivity index (χ4v) is 3.54. The molecule has 6 heteroatoms. The summed E-state index contributed by atoms with van der Waals surface area (Å²) in [6, 6.07) is 0.558. The monoisotopic (exact) mass is 353 g/mol. The van der Waals surface area contributed by atoms with Gasteiger partial charge in [-0.2, -0.15) is 0 Å². The van der Waals surface area contributed by atoms with Crippen molar-refractivity contribution in [2.24, 2.45) is 16.8 Å². The zero-order valence-corrected chi connectivity index (χ0v) is 16.9. The van der Waals surface area contributed by atoms with Crippen molar-refractivity contribution < 1.29 is 4.74 Å². The molecule has 0 radical (unpaired) electrons. The van der Waals surface area contributed by atoms with E-state index in [0.717, 1.165) is 57.8 Å². The lowest BCUT2D eigenvalue weighted by molar-refractivity contribution is -0.0284. The Morgan fingerprint density at radius 1 is 1.28 bits per heavy atom. The summed E-state index contributed by atoms with van der Waals surface area (Å²) in [5.74, 6) is 2.45. The predicted octanol–water partition coefficient (Wildman–Crippen LogP) is 1.24. The summed E-state index contributed by atoms with van der Waals surface area (Å²) in [6.07, 6.45) is 2.94. The summed E-state index contributed by atoms with van der Waals surface area (Å²) in [4.78, 5) is 9.66. The standard InChI is InChI=1S/C19H39N5O/c1-6-20-19(22-12-18(23(4)5)16-7-8-16)21-11-17-14-24(9-10-25-17)13-15(2)3/h15-18H,6-14H2,1-5H3,(H2,20,21,22). The summed E-state index contributed by atoms with van der Waals surface area (Å²) in [5.41, 5.74) is 0. The molecule has 2 atom stereocenters. The number of ether oxygens (including phenoxy) is 1. The molecular weight excluding hydrogens is 314 g/mol. The van der Waals surface area contributed by atoms with E-state index in [1.807, 2.05) is 0 Å². The normalized spacial score (nSPS) is 24.0. The Kier molecular flexibility index (Phi) is 8.46. The van der Waals surface area contributed by atoms with Crippen molar-refractivity contribution in [3.63, 3.8) is 0 Å². The topological polar surface area (TPSA) is 52.1 Å². The summed E-state index contributed by atoms with van der Waals surface area (Å²) in [7, 11) is 4.33. The number of hydrogen-bond donors (Lipinski definition) is 2. The number of nitrogens with one attached hydrogen (secondary N) is 2. The van der Waals surface area contributed by atoms with E-state index < -0.39 is 0 Å². The van der Waals surface area contributed by atoms with Gasteiger partial charge >= 0.3 is 0 Å². The van der Waals surface area contributed by atoms with Gasteiger partial charge in [-0.3, -0.25) is 9.89 Å². The minimum Gasteiger partial charge on any atom is -0.374 e. The number of morpholine rings is 1. The molecule has 0 bridgehead atoms. The van der Waals surface area contributed by atoms with Crippen LogP contribution in [0.15, 0.2) is 4.99 Å². The number of hydrogen-bond acceptors (Lipinski definition) is 4. The van der Waals surface area contributed by atoms with Gasteiger partial charge in [0.05, 0.1) is 19.3 Å². The minimum absolute atomic E-state index is 0.240. The lowest BCUT2D eigenvalue weighted by Crippen LogP contribution is -2.50. The Morgan fingerprint density at radius 3 is 2.64 bits per heavy atom. The highest BCUT2D eigenvalue weighted by molar-refractivity contribution is 5.79. The molecule has 2 fully saturated rings. The van der Waals surface area contributed by atoms with E-state index in [4.69, 9.17) is 9.73 Å². The summed E-state index contributed by atoms with van der Waals surface area (Å²) >= 11 is 0. The van der Waals surface area contributed by atoms with Gasteiger partial charge in [0.25, 0.3) is 0 Å². The second-order valence-corrected chi connectivity index (χ2v) is 8.12. The Hall–Kier alpha value is -0.850. The molecule has 1 saturated heterocycles. The third kappa shape index (κ3) is 7.50. The van der Waals surface area contributed by atoms with Crippen LogP contribution in [0.1, 0.15) is 33.6 Å². The van der Waals surface area contributed by atoms with Crippen LogP contribution in [0.5, 0.6) is 0 Å². The SMILES string of the molecule is CCNC(=NCC(C1CC1)N(C)C)NCC1CN(CC(C)C)CCO1.